The number of hydrogen-bond acceptors (Lipinski definition) is 5. The second-order valence-electron chi connectivity index (χ2n) is 5.40. The van der Waals surface area contributed by atoms with Crippen molar-refractivity contribution in [2.24, 2.45) is 11.7 Å². The van der Waals surface area contributed by atoms with Crippen LogP contribution in [0.15, 0.2) is 23.6 Å². The summed E-state index contributed by atoms with van der Waals surface area (Å²) in [7, 11) is 0. The zero-order chi connectivity index (χ0) is 13.9. The van der Waals surface area contributed by atoms with Crippen molar-refractivity contribution in [2.45, 2.75) is 26.3 Å². The second kappa shape index (κ2) is 5.89. The van der Waals surface area contributed by atoms with Crippen LogP contribution >= 0.6 is 11.3 Å². The Morgan fingerprint density at radius 1 is 1.35 bits per heavy atom. The standard InChI is InChI=1S/C15H20N4S/c1-11-4-6-19(7-5-11)15-17-12(10-16)9-13(18-15)14-3-2-8-20-14/h2-3,8-9,11H,4-7,10,16H2,1H3. The predicted molar refractivity (Wildman–Crippen MR) is 83.8 cm³/mol. The summed E-state index contributed by atoms with van der Waals surface area (Å²) in [5.41, 5.74) is 7.69. The highest BCUT2D eigenvalue weighted by atomic mass is 32.1. The third-order valence-corrected chi connectivity index (χ3v) is 4.71. The summed E-state index contributed by atoms with van der Waals surface area (Å²) in [5, 5.41) is 2.07. The molecule has 2 N–H and O–H groups in total. The van der Waals surface area contributed by atoms with Crippen molar-refractivity contribution in [3.05, 3.63) is 29.3 Å². The average molecular weight is 288 g/mol. The van der Waals surface area contributed by atoms with Crippen LogP contribution in [-0.2, 0) is 6.54 Å². The molecule has 0 atom stereocenters. The van der Waals surface area contributed by atoms with Gasteiger partial charge in [0.15, 0.2) is 0 Å². The Hall–Kier alpha value is -1.46. The molecule has 2 aromatic heterocycles. The smallest absolute Gasteiger partial charge is 0.226 e. The van der Waals surface area contributed by atoms with E-state index in [-0.39, 0.29) is 0 Å². The number of piperidine rings is 1. The first-order chi connectivity index (χ1) is 9.76. The van der Waals surface area contributed by atoms with Crippen molar-refractivity contribution >= 4 is 17.3 Å². The minimum absolute atomic E-state index is 0.456. The van der Waals surface area contributed by atoms with E-state index in [1.165, 1.54) is 17.7 Å². The molecule has 0 aliphatic carbocycles. The number of anilines is 1. The first kappa shape index (κ1) is 13.5. The summed E-state index contributed by atoms with van der Waals surface area (Å²) in [6.45, 7) is 4.85. The lowest BCUT2D eigenvalue weighted by atomic mass is 10.00. The Labute approximate surface area is 123 Å². The molecule has 0 unspecified atom stereocenters. The van der Waals surface area contributed by atoms with Gasteiger partial charge in [0.1, 0.15) is 0 Å². The lowest BCUT2D eigenvalue weighted by Gasteiger charge is -2.30. The van der Waals surface area contributed by atoms with Gasteiger partial charge in [0.2, 0.25) is 5.95 Å². The van der Waals surface area contributed by atoms with Crippen LogP contribution in [-0.4, -0.2) is 23.1 Å². The van der Waals surface area contributed by atoms with E-state index in [1.807, 2.05) is 12.1 Å². The maximum atomic E-state index is 5.79. The lowest BCUT2D eigenvalue weighted by Crippen LogP contribution is -2.34. The number of nitrogens with two attached hydrogens (primary N) is 1. The van der Waals surface area contributed by atoms with E-state index in [4.69, 9.17) is 10.7 Å². The van der Waals surface area contributed by atoms with Crippen LogP contribution in [0.25, 0.3) is 10.6 Å². The largest absolute Gasteiger partial charge is 0.341 e. The van der Waals surface area contributed by atoms with Crippen molar-refractivity contribution in [3.8, 4) is 10.6 Å². The molecule has 20 heavy (non-hydrogen) atoms. The van der Waals surface area contributed by atoms with Crippen LogP contribution < -0.4 is 10.6 Å². The molecule has 1 fully saturated rings. The van der Waals surface area contributed by atoms with E-state index in [2.05, 4.69) is 28.3 Å². The molecule has 106 valence electrons. The molecule has 0 radical (unpaired) electrons. The Morgan fingerprint density at radius 3 is 2.80 bits per heavy atom. The Morgan fingerprint density at radius 2 is 2.15 bits per heavy atom. The van der Waals surface area contributed by atoms with Crippen molar-refractivity contribution < 1.29 is 0 Å². The third-order valence-electron chi connectivity index (χ3n) is 3.82. The van der Waals surface area contributed by atoms with Crippen molar-refractivity contribution in [3.63, 3.8) is 0 Å². The van der Waals surface area contributed by atoms with Crippen LogP contribution in [0, 0.1) is 5.92 Å². The summed E-state index contributed by atoms with van der Waals surface area (Å²) in [5.74, 6) is 1.64. The maximum absolute atomic E-state index is 5.79. The van der Waals surface area contributed by atoms with Crippen molar-refractivity contribution in [1.82, 2.24) is 9.97 Å². The van der Waals surface area contributed by atoms with Crippen molar-refractivity contribution in [2.75, 3.05) is 18.0 Å². The predicted octanol–water partition coefficient (Wildman–Crippen LogP) is 2.90. The molecule has 5 heteroatoms. The summed E-state index contributed by atoms with van der Waals surface area (Å²) in [4.78, 5) is 12.8. The van der Waals surface area contributed by atoms with Crippen LogP contribution in [0.5, 0.6) is 0 Å². The van der Waals surface area contributed by atoms with Gasteiger partial charge in [-0.05, 0) is 36.3 Å². The Bertz CT molecular complexity index is 559. The Kier molecular flexibility index (Phi) is 3.98. The molecule has 3 heterocycles. The lowest BCUT2D eigenvalue weighted by molar-refractivity contribution is 0.434. The molecule has 0 amide bonds. The van der Waals surface area contributed by atoms with E-state index in [0.717, 1.165) is 36.3 Å². The van der Waals surface area contributed by atoms with Gasteiger partial charge in [-0.15, -0.1) is 11.3 Å². The normalized spacial score (nSPS) is 16.6. The molecule has 3 rings (SSSR count). The van der Waals surface area contributed by atoms with Crippen molar-refractivity contribution in [1.29, 1.82) is 0 Å². The molecule has 0 bridgehead atoms. The molecule has 1 saturated heterocycles. The van der Waals surface area contributed by atoms with Crippen LogP contribution in [0.4, 0.5) is 5.95 Å². The molecule has 0 spiro atoms. The maximum Gasteiger partial charge on any atom is 0.226 e. The summed E-state index contributed by atoms with van der Waals surface area (Å²) in [6.07, 6.45) is 2.43. The number of hydrogen-bond donors (Lipinski definition) is 1. The fraction of sp³-hybridized carbons (Fsp3) is 0.467. The highest BCUT2D eigenvalue weighted by molar-refractivity contribution is 7.13. The fourth-order valence-corrected chi connectivity index (χ4v) is 3.17. The van der Waals surface area contributed by atoms with Crippen LogP contribution in [0.2, 0.25) is 0 Å². The third kappa shape index (κ3) is 2.83. The van der Waals surface area contributed by atoms with E-state index >= 15 is 0 Å². The molecule has 1 aliphatic heterocycles. The highest BCUT2D eigenvalue weighted by Crippen LogP contribution is 2.26. The van der Waals surface area contributed by atoms with E-state index in [1.54, 1.807) is 11.3 Å². The molecular weight excluding hydrogens is 268 g/mol. The first-order valence-electron chi connectivity index (χ1n) is 7.13. The van der Waals surface area contributed by atoms with E-state index in [9.17, 15) is 0 Å². The second-order valence-corrected chi connectivity index (χ2v) is 6.34. The van der Waals surface area contributed by atoms with E-state index in [0.29, 0.717) is 6.54 Å². The van der Waals surface area contributed by atoms with Crippen LogP contribution in [0.3, 0.4) is 0 Å². The molecule has 0 saturated carbocycles. The van der Waals surface area contributed by atoms with Gasteiger partial charge in [0.05, 0.1) is 16.3 Å². The van der Waals surface area contributed by atoms with Gasteiger partial charge in [-0.3, -0.25) is 0 Å². The summed E-state index contributed by atoms with van der Waals surface area (Å²) < 4.78 is 0. The van der Waals surface area contributed by atoms with Gasteiger partial charge in [0.25, 0.3) is 0 Å². The van der Waals surface area contributed by atoms with E-state index < -0.39 is 0 Å². The topological polar surface area (TPSA) is 55.0 Å². The number of rotatable bonds is 3. The minimum Gasteiger partial charge on any atom is -0.341 e. The zero-order valence-corrected chi connectivity index (χ0v) is 12.6. The number of nitrogens with zero attached hydrogens (tertiary/aromatic N) is 3. The van der Waals surface area contributed by atoms with Gasteiger partial charge in [-0.25, -0.2) is 9.97 Å². The minimum atomic E-state index is 0.456. The molecule has 4 nitrogen and oxygen atoms in total. The zero-order valence-electron chi connectivity index (χ0n) is 11.7. The SMILES string of the molecule is CC1CCN(c2nc(CN)cc(-c3cccs3)n2)CC1. The molecule has 2 aromatic rings. The van der Waals surface area contributed by atoms with Gasteiger partial charge in [0, 0.05) is 19.6 Å². The molecule has 1 aliphatic rings. The van der Waals surface area contributed by atoms with Gasteiger partial charge >= 0.3 is 0 Å². The van der Waals surface area contributed by atoms with Gasteiger partial charge in [-0.2, -0.15) is 0 Å². The van der Waals surface area contributed by atoms with Gasteiger partial charge in [-0.1, -0.05) is 13.0 Å². The fourth-order valence-electron chi connectivity index (χ4n) is 2.49. The van der Waals surface area contributed by atoms with Gasteiger partial charge < -0.3 is 10.6 Å². The monoisotopic (exact) mass is 288 g/mol. The summed E-state index contributed by atoms with van der Waals surface area (Å²) >= 11 is 1.70. The average Bonchev–Trinajstić information content (AvgIpc) is 3.02. The molecular formula is C15H20N4S. The van der Waals surface area contributed by atoms with Crippen LogP contribution in [0.1, 0.15) is 25.5 Å². The molecule has 0 aromatic carbocycles. The number of aromatic nitrogens is 2. The highest BCUT2D eigenvalue weighted by Gasteiger charge is 2.19. The quantitative estimate of drug-likeness (QED) is 0.943. The Balaban J connectivity index is 1.92. The number of thiophene rings is 1. The first-order valence-corrected chi connectivity index (χ1v) is 8.01. The summed E-state index contributed by atoms with van der Waals surface area (Å²) in [6, 6.07) is 6.14.